The van der Waals surface area contributed by atoms with Gasteiger partial charge in [-0.3, -0.25) is 0 Å². The Morgan fingerprint density at radius 3 is 1.40 bits per heavy atom. The largest absolute Gasteiger partial charge is 0.354 e. The van der Waals surface area contributed by atoms with E-state index in [0.29, 0.717) is 16.6 Å². The van der Waals surface area contributed by atoms with Gasteiger partial charge in [0.25, 0.3) is 0 Å². The van der Waals surface area contributed by atoms with Crippen molar-refractivity contribution < 1.29 is 8.78 Å². The van der Waals surface area contributed by atoms with Crippen LogP contribution in [0.5, 0.6) is 0 Å². The topological polar surface area (TPSA) is 60.3 Å². The highest BCUT2D eigenvalue weighted by molar-refractivity contribution is 6.00. The highest BCUT2D eigenvalue weighted by Crippen LogP contribution is 2.37. The van der Waals surface area contributed by atoms with Gasteiger partial charge < -0.3 is 15.0 Å². The molecular formula is C37H24F2N4. The van der Waals surface area contributed by atoms with Gasteiger partial charge in [-0.05, 0) is 71.8 Å². The predicted octanol–water partition coefficient (Wildman–Crippen LogP) is 9.98. The second-order valence-electron chi connectivity index (χ2n) is 10.5. The molecule has 4 aromatic heterocycles. The number of benzene rings is 3. The number of H-pyrrole nitrogens is 3. The molecule has 0 atom stereocenters. The lowest BCUT2D eigenvalue weighted by Gasteiger charge is -2.07. The van der Waals surface area contributed by atoms with Crippen molar-refractivity contribution in [1.29, 1.82) is 0 Å². The summed E-state index contributed by atoms with van der Waals surface area (Å²) in [5.74, 6) is -1.29. The Bertz CT molecular complexity index is 2290. The van der Waals surface area contributed by atoms with E-state index >= 15 is 8.78 Å². The Labute approximate surface area is 245 Å². The molecule has 0 aliphatic carbocycles. The van der Waals surface area contributed by atoms with E-state index in [-0.39, 0.29) is 5.56 Å². The Morgan fingerprint density at radius 2 is 0.814 bits per heavy atom. The highest BCUT2D eigenvalue weighted by Gasteiger charge is 2.18. The number of aromatic amines is 3. The van der Waals surface area contributed by atoms with Crippen molar-refractivity contribution in [2.24, 2.45) is 0 Å². The summed E-state index contributed by atoms with van der Waals surface area (Å²) in [5, 5.41) is 0. The van der Waals surface area contributed by atoms with Gasteiger partial charge in [0.1, 0.15) is 11.6 Å². The van der Waals surface area contributed by atoms with Crippen LogP contribution in [0.3, 0.4) is 0 Å². The van der Waals surface area contributed by atoms with E-state index in [0.717, 1.165) is 55.7 Å². The van der Waals surface area contributed by atoms with Gasteiger partial charge in [0.2, 0.25) is 0 Å². The van der Waals surface area contributed by atoms with Gasteiger partial charge in [0.05, 0.1) is 22.5 Å². The maximum absolute atomic E-state index is 15.5. The second-order valence-corrected chi connectivity index (χ2v) is 10.5. The summed E-state index contributed by atoms with van der Waals surface area (Å²) < 4.78 is 30.9. The van der Waals surface area contributed by atoms with Gasteiger partial charge >= 0.3 is 0 Å². The molecule has 5 heterocycles. The zero-order valence-electron chi connectivity index (χ0n) is 22.8. The number of aromatic nitrogens is 4. The average molecular weight is 563 g/mol. The lowest BCUT2D eigenvalue weighted by molar-refractivity contribution is 0.590. The monoisotopic (exact) mass is 562 g/mol. The van der Waals surface area contributed by atoms with Crippen LogP contribution in [0, 0.1) is 11.6 Å². The molecule has 1 aliphatic heterocycles. The molecule has 0 saturated heterocycles. The molecule has 1 aliphatic rings. The van der Waals surface area contributed by atoms with Gasteiger partial charge in [0, 0.05) is 44.3 Å². The Balaban J connectivity index is 1.60. The first-order valence-electron chi connectivity index (χ1n) is 14.0. The summed E-state index contributed by atoms with van der Waals surface area (Å²) in [6.45, 7) is 0. The quantitative estimate of drug-likeness (QED) is 0.197. The molecule has 0 radical (unpaired) electrons. The molecule has 0 saturated carbocycles. The summed E-state index contributed by atoms with van der Waals surface area (Å²) in [6, 6.07) is 35.7. The van der Waals surface area contributed by atoms with Crippen molar-refractivity contribution in [2.45, 2.75) is 0 Å². The first-order chi connectivity index (χ1) is 21.1. The van der Waals surface area contributed by atoms with E-state index in [2.05, 4.69) is 15.0 Å². The highest BCUT2D eigenvalue weighted by atomic mass is 19.1. The third kappa shape index (κ3) is 4.23. The molecule has 8 rings (SSSR count). The molecule has 0 fully saturated rings. The van der Waals surface area contributed by atoms with Gasteiger partial charge in [-0.15, -0.1) is 0 Å². The van der Waals surface area contributed by atoms with Crippen LogP contribution in [0.1, 0.15) is 11.4 Å². The van der Waals surface area contributed by atoms with Crippen molar-refractivity contribution >= 4 is 45.3 Å². The SMILES string of the molecule is Fc1cccc(F)c1-c1c2ccc([nH]2)c(-c2ccccc2)c2nc(c3ccc([nH]3)c(-c3ccccc3)c3ccc1[nH]3)C=C2. The van der Waals surface area contributed by atoms with Crippen LogP contribution in [0.4, 0.5) is 8.78 Å². The summed E-state index contributed by atoms with van der Waals surface area (Å²) >= 11 is 0. The van der Waals surface area contributed by atoms with Crippen molar-refractivity contribution in [3.05, 3.63) is 138 Å². The summed E-state index contributed by atoms with van der Waals surface area (Å²) in [5.41, 5.74) is 10.2. The van der Waals surface area contributed by atoms with Crippen LogP contribution in [0.25, 0.3) is 78.6 Å². The fraction of sp³-hybridized carbons (Fsp3) is 0. The maximum Gasteiger partial charge on any atom is 0.134 e. The number of nitrogens with zero attached hydrogens (tertiary/aromatic N) is 1. The number of fused-ring (bicyclic) bond motifs is 9. The third-order valence-corrected chi connectivity index (χ3v) is 7.91. The van der Waals surface area contributed by atoms with Crippen molar-refractivity contribution in [1.82, 2.24) is 19.9 Å². The maximum atomic E-state index is 15.5. The Kier molecular flexibility index (Phi) is 5.79. The molecule has 0 amide bonds. The minimum absolute atomic E-state index is 0.105. The van der Waals surface area contributed by atoms with Crippen LogP contribution in [-0.2, 0) is 0 Å². The minimum atomic E-state index is -0.643. The second kappa shape index (κ2) is 9.96. The minimum Gasteiger partial charge on any atom is -0.354 e. The van der Waals surface area contributed by atoms with Crippen molar-refractivity contribution in [3.63, 3.8) is 0 Å². The molecule has 3 aromatic carbocycles. The lowest BCUT2D eigenvalue weighted by Crippen LogP contribution is -1.91. The van der Waals surface area contributed by atoms with E-state index in [1.807, 2.05) is 109 Å². The lowest BCUT2D eigenvalue weighted by atomic mass is 10.0. The summed E-state index contributed by atoms with van der Waals surface area (Å²) in [4.78, 5) is 15.6. The Morgan fingerprint density at radius 1 is 0.372 bits per heavy atom. The zero-order valence-corrected chi connectivity index (χ0v) is 22.8. The predicted molar refractivity (Wildman–Crippen MR) is 171 cm³/mol. The normalized spacial score (nSPS) is 11.9. The standard InChI is InChI=1S/C37H24F2N4/c38-24-12-7-13-25(39)36(24)37-32-20-18-30(42-32)34(22-8-3-1-4-9-22)28-16-14-26(40-28)27-15-17-29(41-27)35(23-10-5-2-6-11-23)31-19-21-33(37)43-31/h1-21,40,42-43H. The van der Waals surface area contributed by atoms with Crippen molar-refractivity contribution in [2.75, 3.05) is 0 Å². The summed E-state index contributed by atoms with van der Waals surface area (Å²) in [6.07, 6.45) is 4.01. The van der Waals surface area contributed by atoms with Gasteiger partial charge in [-0.2, -0.15) is 0 Å². The van der Waals surface area contributed by atoms with Crippen LogP contribution in [0.2, 0.25) is 0 Å². The average Bonchev–Trinajstić information content (AvgIpc) is 3.85. The van der Waals surface area contributed by atoms with Crippen LogP contribution < -0.4 is 0 Å². The number of rotatable bonds is 3. The van der Waals surface area contributed by atoms with Crippen LogP contribution in [0.15, 0.2) is 115 Å². The molecule has 0 spiro atoms. The fourth-order valence-electron chi connectivity index (χ4n) is 5.97. The van der Waals surface area contributed by atoms with Gasteiger partial charge in [-0.25, -0.2) is 13.8 Å². The van der Waals surface area contributed by atoms with Crippen molar-refractivity contribution in [3.8, 4) is 33.4 Å². The van der Waals surface area contributed by atoms with Gasteiger partial charge in [0.15, 0.2) is 0 Å². The van der Waals surface area contributed by atoms with E-state index in [9.17, 15) is 0 Å². The number of hydrogen-bond acceptors (Lipinski definition) is 1. The molecule has 8 bridgehead atoms. The molecule has 206 valence electrons. The van der Waals surface area contributed by atoms with E-state index in [4.69, 9.17) is 4.98 Å². The third-order valence-electron chi connectivity index (χ3n) is 7.91. The number of halogens is 2. The molecule has 0 unspecified atom stereocenters. The molecule has 6 heteroatoms. The van der Waals surface area contributed by atoms with Crippen LogP contribution in [-0.4, -0.2) is 19.9 Å². The molecule has 4 nitrogen and oxygen atoms in total. The Hall–Kier alpha value is -5.75. The molecular weight excluding hydrogens is 538 g/mol. The van der Waals surface area contributed by atoms with E-state index in [1.54, 1.807) is 0 Å². The molecule has 7 aromatic rings. The van der Waals surface area contributed by atoms with Gasteiger partial charge in [-0.1, -0.05) is 66.7 Å². The summed E-state index contributed by atoms with van der Waals surface area (Å²) in [7, 11) is 0. The number of hydrogen-bond donors (Lipinski definition) is 3. The number of nitrogens with one attached hydrogen (secondary N) is 3. The molecule has 43 heavy (non-hydrogen) atoms. The van der Waals surface area contributed by atoms with E-state index < -0.39 is 11.6 Å². The first kappa shape index (κ1) is 25.0. The fourth-order valence-corrected chi connectivity index (χ4v) is 5.97. The first-order valence-corrected chi connectivity index (χ1v) is 14.0. The molecule has 3 N–H and O–H groups in total. The van der Waals surface area contributed by atoms with E-state index in [1.165, 1.54) is 18.2 Å². The smallest absolute Gasteiger partial charge is 0.134 e. The zero-order chi connectivity index (χ0) is 28.9. The van der Waals surface area contributed by atoms with Crippen LogP contribution >= 0.6 is 0 Å².